The van der Waals surface area contributed by atoms with E-state index in [2.05, 4.69) is 26.8 Å². The first-order valence-corrected chi connectivity index (χ1v) is 9.59. The molecule has 0 saturated carbocycles. The third kappa shape index (κ3) is 7.20. The molecule has 0 saturated heterocycles. The highest BCUT2D eigenvalue weighted by Gasteiger charge is 2.24. The van der Waals surface area contributed by atoms with Gasteiger partial charge in [-0.05, 0) is 56.9 Å². The third-order valence-corrected chi connectivity index (χ3v) is 4.40. The minimum Gasteiger partial charge on any atom is -0.472 e. The summed E-state index contributed by atoms with van der Waals surface area (Å²) in [6.07, 6.45) is 8.89. The lowest BCUT2D eigenvalue weighted by Gasteiger charge is -2.20. The zero-order chi connectivity index (χ0) is 20.4. The fourth-order valence-electron chi connectivity index (χ4n) is 2.97. The van der Waals surface area contributed by atoms with Crippen molar-refractivity contribution in [2.24, 2.45) is 0 Å². The molecule has 4 nitrogen and oxygen atoms in total. The molecule has 1 aromatic heterocycles. The van der Waals surface area contributed by atoms with Gasteiger partial charge in [0.15, 0.2) is 6.10 Å². The van der Waals surface area contributed by atoms with E-state index in [-0.39, 0.29) is 6.10 Å². The fourth-order valence-corrected chi connectivity index (χ4v) is 2.97. The van der Waals surface area contributed by atoms with Gasteiger partial charge in [0, 0.05) is 13.5 Å². The molecule has 0 fully saturated rings. The van der Waals surface area contributed by atoms with Crippen LogP contribution in [0.15, 0.2) is 76.6 Å². The Morgan fingerprint density at radius 1 is 1.14 bits per heavy atom. The summed E-state index contributed by atoms with van der Waals surface area (Å²) in [5, 5.41) is 0. The Hall–Kier alpha value is -2.59. The van der Waals surface area contributed by atoms with Crippen LogP contribution in [0.2, 0.25) is 0 Å². The van der Waals surface area contributed by atoms with Gasteiger partial charge in [0.1, 0.15) is 6.10 Å². The summed E-state index contributed by atoms with van der Waals surface area (Å²) in [4.78, 5) is 12.8. The van der Waals surface area contributed by atoms with E-state index in [0.29, 0.717) is 6.42 Å². The highest BCUT2D eigenvalue weighted by Crippen LogP contribution is 2.21. The standard InChI is InChI=1S/C24H30O4/c1-18(2)9-8-10-19(3)15-22(16-20-13-14-27-17-20)28-24(25)23(26-4)21-11-6-5-7-12-21/h5-7,9,11-15,17,22-23H,8,10,16H2,1-4H3/b19-15-/t22-,23-/m1/s1. The number of hydrogen-bond acceptors (Lipinski definition) is 4. The average molecular weight is 382 g/mol. The summed E-state index contributed by atoms with van der Waals surface area (Å²) in [6.45, 7) is 6.26. The van der Waals surface area contributed by atoms with Crippen LogP contribution in [0.1, 0.15) is 50.8 Å². The molecule has 0 bridgehead atoms. The maximum atomic E-state index is 12.8. The van der Waals surface area contributed by atoms with Gasteiger partial charge in [-0.1, -0.05) is 47.6 Å². The number of carbonyl (C=O) groups excluding carboxylic acids is 1. The molecule has 1 aromatic carbocycles. The second-order valence-electron chi connectivity index (χ2n) is 7.17. The molecule has 1 heterocycles. The molecular weight excluding hydrogens is 352 g/mol. The quantitative estimate of drug-likeness (QED) is 0.384. The van der Waals surface area contributed by atoms with Crippen molar-refractivity contribution in [1.29, 1.82) is 0 Å². The molecule has 0 aliphatic heterocycles. The zero-order valence-electron chi connectivity index (χ0n) is 17.2. The number of furan rings is 1. The van der Waals surface area contributed by atoms with E-state index in [4.69, 9.17) is 13.9 Å². The van der Waals surface area contributed by atoms with Crippen molar-refractivity contribution in [3.63, 3.8) is 0 Å². The molecule has 0 aliphatic rings. The van der Waals surface area contributed by atoms with Crippen LogP contribution in [0.3, 0.4) is 0 Å². The average Bonchev–Trinajstić information content (AvgIpc) is 3.15. The van der Waals surface area contributed by atoms with Crippen LogP contribution in [0.25, 0.3) is 0 Å². The van der Waals surface area contributed by atoms with Crippen molar-refractivity contribution in [3.8, 4) is 0 Å². The highest BCUT2D eigenvalue weighted by atomic mass is 16.6. The van der Waals surface area contributed by atoms with Crippen molar-refractivity contribution in [1.82, 2.24) is 0 Å². The fraction of sp³-hybridized carbons (Fsp3) is 0.375. The smallest absolute Gasteiger partial charge is 0.340 e. The predicted octanol–water partition coefficient (Wildman–Crippen LogP) is 5.81. The molecule has 2 atom stereocenters. The van der Waals surface area contributed by atoms with E-state index in [1.165, 1.54) is 18.3 Å². The Morgan fingerprint density at radius 2 is 1.89 bits per heavy atom. The lowest BCUT2D eigenvalue weighted by atomic mass is 10.0. The minimum absolute atomic E-state index is 0.377. The van der Waals surface area contributed by atoms with E-state index in [1.54, 1.807) is 12.5 Å². The zero-order valence-corrected chi connectivity index (χ0v) is 17.2. The molecule has 0 amide bonds. The van der Waals surface area contributed by atoms with Crippen molar-refractivity contribution < 1.29 is 18.7 Å². The molecule has 2 aromatic rings. The monoisotopic (exact) mass is 382 g/mol. The number of hydrogen-bond donors (Lipinski definition) is 0. The first kappa shape index (κ1) is 21.7. The SMILES string of the molecule is CO[C@@H](C(=O)O[C@H](/C=C(/C)CCC=C(C)C)Cc1ccoc1)c1ccccc1. The number of carbonyl (C=O) groups is 1. The minimum atomic E-state index is -0.743. The van der Waals surface area contributed by atoms with Crippen LogP contribution < -0.4 is 0 Å². The van der Waals surface area contributed by atoms with Crippen molar-refractivity contribution in [2.45, 2.75) is 52.2 Å². The molecule has 28 heavy (non-hydrogen) atoms. The third-order valence-electron chi connectivity index (χ3n) is 4.40. The normalized spacial score (nSPS) is 13.6. The van der Waals surface area contributed by atoms with Crippen molar-refractivity contribution >= 4 is 5.97 Å². The first-order valence-electron chi connectivity index (χ1n) is 9.59. The summed E-state index contributed by atoms with van der Waals surface area (Å²) >= 11 is 0. The summed E-state index contributed by atoms with van der Waals surface area (Å²) in [5.41, 5.74) is 4.26. The van der Waals surface area contributed by atoms with Crippen molar-refractivity contribution in [3.05, 3.63) is 83.3 Å². The van der Waals surface area contributed by atoms with Gasteiger partial charge >= 0.3 is 5.97 Å². The number of methoxy groups -OCH3 is 1. The molecular formula is C24H30O4. The predicted molar refractivity (Wildman–Crippen MR) is 111 cm³/mol. The number of rotatable bonds is 10. The highest BCUT2D eigenvalue weighted by molar-refractivity contribution is 5.76. The number of benzene rings is 1. The molecule has 150 valence electrons. The first-order chi connectivity index (χ1) is 13.5. The summed E-state index contributed by atoms with van der Waals surface area (Å²) in [7, 11) is 1.52. The maximum Gasteiger partial charge on any atom is 0.340 e. The van der Waals surface area contributed by atoms with Crippen molar-refractivity contribution in [2.75, 3.05) is 7.11 Å². The Bertz CT molecular complexity index is 768. The van der Waals surface area contributed by atoms with E-state index in [0.717, 1.165) is 24.0 Å². The molecule has 0 N–H and O–H groups in total. The second-order valence-corrected chi connectivity index (χ2v) is 7.17. The molecule has 0 radical (unpaired) electrons. The topological polar surface area (TPSA) is 48.7 Å². The molecule has 0 unspecified atom stereocenters. The van der Waals surface area contributed by atoms with Gasteiger partial charge in [0.2, 0.25) is 0 Å². The van der Waals surface area contributed by atoms with Crippen LogP contribution in [-0.4, -0.2) is 19.2 Å². The summed E-state index contributed by atoms with van der Waals surface area (Å²) < 4.78 is 16.4. The van der Waals surface area contributed by atoms with E-state index in [1.807, 2.05) is 42.5 Å². The van der Waals surface area contributed by atoms with Gasteiger partial charge in [0.25, 0.3) is 0 Å². The van der Waals surface area contributed by atoms with Gasteiger partial charge in [0.05, 0.1) is 12.5 Å². The Kier molecular flexibility index (Phi) is 8.76. The number of allylic oxidation sites excluding steroid dienone is 3. The van der Waals surface area contributed by atoms with Crippen LogP contribution in [0.4, 0.5) is 0 Å². The molecule has 0 aliphatic carbocycles. The van der Waals surface area contributed by atoms with E-state index in [9.17, 15) is 4.79 Å². The number of ether oxygens (including phenoxy) is 2. The van der Waals surface area contributed by atoms with E-state index < -0.39 is 12.1 Å². The Labute approximate surface area is 167 Å². The van der Waals surface area contributed by atoms with Gasteiger partial charge in [-0.25, -0.2) is 4.79 Å². The van der Waals surface area contributed by atoms with Crippen LogP contribution in [0.5, 0.6) is 0 Å². The van der Waals surface area contributed by atoms with Gasteiger partial charge < -0.3 is 13.9 Å². The Balaban J connectivity index is 2.11. The second kappa shape index (κ2) is 11.3. The van der Waals surface area contributed by atoms with Gasteiger partial charge in [-0.15, -0.1) is 0 Å². The Morgan fingerprint density at radius 3 is 2.50 bits per heavy atom. The maximum absolute atomic E-state index is 12.8. The summed E-state index contributed by atoms with van der Waals surface area (Å²) in [6, 6.07) is 11.3. The lowest BCUT2D eigenvalue weighted by molar-refractivity contribution is -0.159. The largest absolute Gasteiger partial charge is 0.472 e. The lowest BCUT2D eigenvalue weighted by Crippen LogP contribution is -2.25. The summed E-state index contributed by atoms with van der Waals surface area (Å²) in [5.74, 6) is -0.393. The number of esters is 1. The van der Waals surface area contributed by atoms with Gasteiger partial charge in [-0.3, -0.25) is 0 Å². The van der Waals surface area contributed by atoms with E-state index >= 15 is 0 Å². The molecule has 2 rings (SSSR count). The van der Waals surface area contributed by atoms with Crippen LogP contribution in [0, 0.1) is 0 Å². The van der Waals surface area contributed by atoms with Gasteiger partial charge in [-0.2, -0.15) is 0 Å². The molecule has 4 heteroatoms. The van der Waals surface area contributed by atoms with Crippen LogP contribution in [-0.2, 0) is 20.7 Å². The van der Waals surface area contributed by atoms with Crippen LogP contribution >= 0.6 is 0 Å². The molecule has 0 spiro atoms.